The lowest BCUT2D eigenvalue weighted by Crippen LogP contribution is -2.03. The molecule has 0 aliphatic rings. The van der Waals surface area contributed by atoms with Gasteiger partial charge in [-0.2, -0.15) is 0 Å². The number of pyridine rings is 1. The maximum absolute atomic E-state index is 11.5. The Labute approximate surface area is 106 Å². The van der Waals surface area contributed by atoms with Crippen LogP contribution in [0.15, 0.2) is 36.5 Å². The molecule has 18 heavy (non-hydrogen) atoms. The van der Waals surface area contributed by atoms with Crippen LogP contribution in [0.5, 0.6) is 0 Å². The Morgan fingerprint density at radius 1 is 1.17 bits per heavy atom. The van der Waals surface area contributed by atoms with Crippen LogP contribution in [0.25, 0.3) is 11.1 Å². The predicted molar refractivity (Wildman–Crippen MR) is 70.5 cm³/mol. The van der Waals surface area contributed by atoms with Crippen LogP contribution in [-0.4, -0.2) is 18.1 Å². The number of methoxy groups -OCH3 is 1. The van der Waals surface area contributed by atoms with Gasteiger partial charge in [-0.25, -0.2) is 9.78 Å². The SMILES string of the molecule is COC(=O)c1cc(-c2ccc(C)cc2C)ccn1. The first kappa shape index (κ1) is 12.3. The van der Waals surface area contributed by atoms with E-state index in [-0.39, 0.29) is 0 Å². The van der Waals surface area contributed by atoms with Gasteiger partial charge in [0.05, 0.1) is 7.11 Å². The quantitative estimate of drug-likeness (QED) is 0.758. The Balaban J connectivity index is 2.48. The Hall–Kier alpha value is -2.16. The minimum absolute atomic E-state index is 0.329. The van der Waals surface area contributed by atoms with E-state index in [1.54, 1.807) is 12.3 Å². The van der Waals surface area contributed by atoms with Gasteiger partial charge in [0.1, 0.15) is 5.69 Å². The lowest BCUT2D eigenvalue weighted by Gasteiger charge is -2.08. The molecule has 0 aliphatic carbocycles. The summed E-state index contributed by atoms with van der Waals surface area (Å²) in [6.07, 6.45) is 1.63. The van der Waals surface area contributed by atoms with E-state index in [2.05, 4.69) is 41.8 Å². The van der Waals surface area contributed by atoms with Crippen LogP contribution in [0.1, 0.15) is 21.6 Å². The second kappa shape index (κ2) is 5.00. The van der Waals surface area contributed by atoms with E-state index < -0.39 is 5.97 Å². The van der Waals surface area contributed by atoms with E-state index in [9.17, 15) is 4.79 Å². The molecule has 2 rings (SSSR count). The zero-order chi connectivity index (χ0) is 13.1. The minimum Gasteiger partial charge on any atom is -0.464 e. The maximum Gasteiger partial charge on any atom is 0.356 e. The number of ether oxygens (including phenoxy) is 1. The lowest BCUT2D eigenvalue weighted by atomic mass is 9.99. The summed E-state index contributed by atoms with van der Waals surface area (Å²) in [5.41, 5.74) is 4.81. The molecule has 92 valence electrons. The number of carbonyl (C=O) groups is 1. The zero-order valence-electron chi connectivity index (χ0n) is 10.7. The fourth-order valence-corrected chi connectivity index (χ4v) is 1.95. The summed E-state index contributed by atoms with van der Waals surface area (Å²) >= 11 is 0. The van der Waals surface area contributed by atoms with Gasteiger partial charge in [-0.05, 0) is 42.7 Å². The molecule has 0 saturated carbocycles. The topological polar surface area (TPSA) is 39.2 Å². The average molecular weight is 241 g/mol. The maximum atomic E-state index is 11.5. The van der Waals surface area contributed by atoms with Crippen molar-refractivity contribution in [1.82, 2.24) is 4.98 Å². The van der Waals surface area contributed by atoms with Crippen molar-refractivity contribution in [3.05, 3.63) is 53.3 Å². The first-order chi connectivity index (χ1) is 8.61. The first-order valence-electron chi connectivity index (χ1n) is 5.74. The molecule has 0 radical (unpaired) electrons. The van der Waals surface area contributed by atoms with Crippen molar-refractivity contribution < 1.29 is 9.53 Å². The van der Waals surface area contributed by atoms with Crippen molar-refractivity contribution in [2.24, 2.45) is 0 Å². The van der Waals surface area contributed by atoms with Crippen LogP contribution >= 0.6 is 0 Å². The summed E-state index contributed by atoms with van der Waals surface area (Å²) < 4.78 is 4.68. The van der Waals surface area contributed by atoms with Crippen molar-refractivity contribution in [2.45, 2.75) is 13.8 Å². The van der Waals surface area contributed by atoms with Gasteiger partial charge in [0, 0.05) is 6.20 Å². The minimum atomic E-state index is -0.415. The Morgan fingerprint density at radius 2 is 1.94 bits per heavy atom. The highest BCUT2D eigenvalue weighted by molar-refractivity contribution is 5.88. The van der Waals surface area contributed by atoms with Gasteiger partial charge in [-0.1, -0.05) is 23.8 Å². The summed E-state index contributed by atoms with van der Waals surface area (Å²) in [6, 6.07) is 9.88. The molecule has 2 aromatic rings. The predicted octanol–water partition coefficient (Wildman–Crippen LogP) is 3.15. The number of aromatic nitrogens is 1. The number of nitrogens with zero attached hydrogens (tertiary/aromatic N) is 1. The summed E-state index contributed by atoms with van der Waals surface area (Å²) in [5, 5.41) is 0. The van der Waals surface area contributed by atoms with E-state index in [1.807, 2.05) is 6.07 Å². The van der Waals surface area contributed by atoms with Crippen molar-refractivity contribution in [2.75, 3.05) is 7.11 Å². The molecule has 0 aliphatic heterocycles. The Bertz CT molecular complexity index is 591. The monoisotopic (exact) mass is 241 g/mol. The molecule has 0 amide bonds. The summed E-state index contributed by atoms with van der Waals surface area (Å²) in [6.45, 7) is 4.11. The normalized spacial score (nSPS) is 10.2. The number of aryl methyl sites for hydroxylation is 2. The van der Waals surface area contributed by atoms with Gasteiger partial charge in [0.15, 0.2) is 0 Å². The van der Waals surface area contributed by atoms with Crippen molar-refractivity contribution in [3.8, 4) is 11.1 Å². The average Bonchev–Trinajstić information content (AvgIpc) is 2.38. The summed E-state index contributed by atoms with van der Waals surface area (Å²) in [5.74, 6) is -0.415. The molecular weight excluding hydrogens is 226 g/mol. The van der Waals surface area contributed by atoms with Gasteiger partial charge in [0.2, 0.25) is 0 Å². The van der Waals surface area contributed by atoms with Crippen LogP contribution in [-0.2, 0) is 4.74 Å². The standard InChI is InChI=1S/C15H15NO2/c1-10-4-5-13(11(2)8-10)12-6-7-16-14(9-12)15(17)18-3/h4-9H,1-3H3. The van der Waals surface area contributed by atoms with E-state index in [0.717, 1.165) is 11.1 Å². The molecule has 0 fully saturated rings. The molecule has 0 atom stereocenters. The fraction of sp³-hybridized carbons (Fsp3) is 0.200. The number of carbonyl (C=O) groups excluding carboxylic acids is 1. The van der Waals surface area contributed by atoms with Crippen LogP contribution in [0.4, 0.5) is 0 Å². The van der Waals surface area contributed by atoms with Crippen LogP contribution < -0.4 is 0 Å². The van der Waals surface area contributed by atoms with E-state index >= 15 is 0 Å². The first-order valence-corrected chi connectivity index (χ1v) is 5.74. The summed E-state index contributed by atoms with van der Waals surface area (Å²) in [4.78, 5) is 15.5. The molecule has 0 unspecified atom stereocenters. The van der Waals surface area contributed by atoms with E-state index in [4.69, 9.17) is 0 Å². The van der Waals surface area contributed by atoms with Crippen molar-refractivity contribution in [1.29, 1.82) is 0 Å². The molecule has 3 nitrogen and oxygen atoms in total. The lowest BCUT2D eigenvalue weighted by molar-refractivity contribution is 0.0594. The van der Waals surface area contributed by atoms with Crippen LogP contribution in [0, 0.1) is 13.8 Å². The molecule has 1 heterocycles. The third kappa shape index (κ3) is 2.40. The highest BCUT2D eigenvalue weighted by Gasteiger charge is 2.09. The number of hydrogen-bond acceptors (Lipinski definition) is 3. The molecule has 0 bridgehead atoms. The molecule has 1 aromatic carbocycles. The molecule has 1 aromatic heterocycles. The highest BCUT2D eigenvalue weighted by Crippen LogP contribution is 2.24. The smallest absolute Gasteiger partial charge is 0.356 e. The second-order valence-corrected chi connectivity index (χ2v) is 4.24. The van der Waals surface area contributed by atoms with Gasteiger partial charge in [-0.3, -0.25) is 0 Å². The molecule has 0 spiro atoms. The Morgan fingerprint density at radius 3 is 2.61 bits per heavy atom. The third-order valence-electron chi connectivity index (χ3n) is 2.85. The number of esters is 1. The van der Waals surface area contributed by atoms with Gasteiger partial charge in [0.25, 0.3) is 0 Å². The molecular formula is C15H15NO2. The van der Waals surface area contributed by atoms with Crippen molar-refractivity contribution >= 4 is 5.97 Å². The van der Waals surface area contributed by atoms with Gasteiger partial charge < -0.3 is 4.74 Å². The molecule has 0 N–H and O–H groups in total. The highest BCUT2D eigenvalue weighted by atomic mass is 16.5. The molecule has 0 saturated heterocycles. The zero-order valence-corrected chi connectivity index (χ0v) is 10.7. The fourth-order valence-electron chi connectivity index (χ4n) is 1.95. The largest absolute Gasteiger partial charge is 0.464 e. The van der Waals surface area contributed by atoms with Gasteiger partial charge in [-0.15, -0.1) is 0 Å². The Kier molecular flexibility index (Phi) is 3.42. The van der Waals surface area contributed by atoms with E-state index in [0.29, 0.717) is 5.69 Å². The van der Waals surface area contributed by atoms with E-state index in [1.165, 1.54) is 18.2 Å². The van der Waals surface area contributed by atoms with Gasteiger partial charge >= 0.3 is 5.97 Å². The van der Waals surface area contributed by atoms with Crippen LogP contribution in [0.3, 0.4) is 0 Å². The number of hydrogen-bond donors (Lipinski definition) is 0. The summed E-state index contributed by atoms with van der Waals surface area (Å²) in [7, 11) is 1.35. The second-order valence-electron chi connectivity index (χ2n) is 4.24. The number of rotatable bonds is 2. The van der Waals surface area contributed by atoms with Crippen LogP contribution in [0.2, 0.25) is 0 Å². The molecule has 3 heteroatoms. The number of benzene rings is 1. The third-order valence-corrected chi connectivity index (χ3v) is 2.85. The van der Waals surface area contributed by atoms with Crippen molar-refractivity contribution in [3.63, 3.8) is 0 Å².